The number of hydrogen-bond acceptors (Lipinski definition) is 4. The van der Waals surface area contributed by atoms with Crippen molar-refractivity contribution in [3.63, 3.8) is 0 Å². The summed E-state index contributed by atoms with van der Waals surface area (Å²) >= 11 is 0. The zero-order chi connectivity index (χ0) is 18.8. The molecule has 1 rings (SSSR count). The Kier molecular flexibility index (Phi) is 3.54. The molecule has 0 aromatic heterocycles. The summed E-state index contributed by atoms with van der Waals surface area (Å²) in [5.41, 5.74) is 0.842. The van der Waals surface area contributed by atoms with Gasteiger partial charge in [-0.2, -0.15) is 0 Å². The van der Waals surface area contributed by atoms with Gasteiger partial charge in [0.25, 0.3) is 1.43 Å². The average Bonchev–Trinajstić information content (AvgIpc) is 2.44. The Morgan fingerprint density at radius 1 is 1.00 bits per heavy atom. The number of rotatable bonds is 7. The van der Waals surface area contributed by atoms with Crippen LogP contribution in [0.3, 0.4) is 0 Å². The largest absolute Gasteiger partial charge is 0.507 e. The lowest BCUT2D eigenvalue weighted by atomic mass is 10.0. The van der Waals surface area contributed by atoms with E-state index in [1.807, 2.05) is 38.0 Å². The molecule has 0 aliphatic carbocycles. The van der Waals surface area contributed by atoms with E-state index in [1.165, 1.54) is 4.90 Å². The quantitative estimate of drug-likeness (QED) is 0.815. The molecule has 1 aromatic carbocycles. The van der Waals surface area contributed by atoms with Crippen LogP contribution in [0.25, 0.3) is 0 Å². The van der Waals surface area contributed by atoms with Gasteiger partial charge in [0.2, 0.25) is 0 Å². The standard InChI is InChI=1S/C15H27N3O/c1-16(2)9-12-7-13(10-17(3)4)15(19)14(8-12)11-18(5)6/h7-8,19H,9-11H2,1-6H3/i7D,8D,10D2/hD. The van der Waals surface area contributed by atoms with Gasteiger partial charge in [0.1, 0.15) is 5.75 Å². The minimum atomic E-state index is -2.00. The predicted molar refractivity (Wildman–Crippen MR) is 80.3 cm³/mol. The molecule has 0 saturated carbocycles. The molecule has 0 aliphatic heterocycles. The minimum Gasteiger partial charge on any atom is -0.507 e. The zero-order valence-corrected chi connectivity index (χ0v) is 12.7. The summed E-state index contributed by atoms with van der Waals surface area (Å²) in [7, 11) is 10.5. The highest BCUT2D eigenvalue weighted by Crippen LogP contribution is 2.27. The van der Waals surface area contributed by atoms with E-state index >= 15 is 0 Å². The van der Waals surface area contributed by atoms with Gasteiger partial charge >= 0.3 is 0 Å². The number of phenols is 1. The van der Waals surface area contributed by atoms with Crippen LogP contribution in [0, 0.1) is 0 Å². The maximum Gasteiger partial charge on any atom is 0.293 e. The highest BCUT2D eigenvalue weighted by molar-refractivity contribution is 5.43. The first-order valence-corrected chi connectivity index (χ1v) is 6.20. The third kappa shape index (κ3) is 5.19. The summed E-state index contributed by atoms with van der Waals surface area (Å²) in [5.74, 6) is -0.0418. The maximum atomic E-state index is 8.46. The van der Waals surface area contributed by atoms with Crippen LogP contribution in [0.15, 0.2) is 12.1 Å². The maximum absolute atomic E-state index is 8.46. The van der Waals surface area contributed by atoms with Crippen LogP contribution in [0.5, 0.6) is 5.75 Å². The zero-order valence-electron chi connectivity index (χ0n) is 17.7. The molecule has 0 amide bonds. The summed E-state index contributed by atoms with van der Waals surface area (Å²) in [6.07, 6.45) is 0. The average molecular weight is 270 g/mol. The fourth-order valence-corrected chi connectivity index (χ4v) is 1.75. The first-order chi connectivity index (χ1) is 10.9. The highest BCUT2D eigenvalue weighted by Gasteiger charge is 2.12. The van der Waals surface area contributed by atoms with Gasteiger partial charge in [0.05, 0.1) is 2.74 Å². The van der Waals surface area contributed by atoms with E-state index in [9.17, 15) is 0 Å². The van der Waals surface area contributed by atoms with Gasteiger partial charge in [-0.3, -0.25) is 0 Å². The number of benzene rings is 1. The van der Waals surface area contributed by atoms with E-state index in [4.69, 9.17) is 12.0 Å². The Morgan fingerprint density at radius 3 is 2.05 bits per heavy atom. The van der Waals surface area contributed by atoms with Crippen LogP contribution in [0.4, 0.5) is 0 Å². The molecule has 0 fully saturated rings. The Morgan fingerprint density at radius 2 is 1.58 bits per heavy atom. The van der Waals surface area contributed by atoms with Crippen molar-refractivity contribution in [3.8, 4) is 5.75 Å². The number of aromatic hydroxyl groups is 1. The highest BCUT2D eigenvalue weighted by atomic mass is 16.3. The molecule has 0 aliphatic rings. The topological polar surface area (TPSA) is 30.0 Å². The van der Waals surface area contributed by atoms with Gasteiger partial charge in [-0.1, -0.05) is 0 Å². The summed E-state index contributed by atoms with van der Waals surface area (Å²) in [4.78, 5) is 5.00. The van der Waals surface area contributed by atoms with Crippen molar-refractivity contribution in [1.29, 1.82) is 1.43 Å². The molecule has 4 nitrogen and oxygen atoms in total. The van der Waals surface area contributed by atoms with Gasteiger partial charge in [-0.05, 0) is 59.9 Å². The molecule has 0 heterocycles. The smallest absolute Gasteiger partial charge is 0.293 e. The monoisotopic (exact) mass is 270 g/mol. The van der Waals surface area contributed by atoms with Crippen LogP contribution < -0.4 is 0 Å². The van der Waals surface area contributed by atoms with Crippen molar-refractivity contribution in [2.24, 2.45) is 0 Å². The van der Waals surface area contributed by atoms with E-state index in [1.54, 1.807) is 14.1 Å². The van der Waals surface area contributed by atoms with Crippen LogP contribution in [-0.4, -0.2) is 63.5 Å². The van der Waals surface area contributed by atoms with Crippen LogP contribution >= 0.6 is 0 Å². The van der Waals surface area contributed by atoms with E-state index in [-0.39, 0.29) is 23.4 Å². The lowest BCUT2D eigenvalue weighted by Crippen LogP contribution is -2.16. The molecular formula is C15H27N3O. The van der Waals surface area contributed by atoms with Gasteiger partial charge in [0.15, 0.2) is 0 Å². The normalized spacial score (nSPS) is 16.2. The summed E-state index contributed by atoms with van der Waals surface area (Å²) < 4.78 is 41.0. The Hall–Kier alpha value is -1.10. The molecule has 0 bridgehead atoms. The number of nitrogens with zero attached hydrogens (tertiary/aromatic N) is 3. The van der Waals surface area contributed by atoms with E-state index in [0.717, 1.165) is 0 Å². The second kappa shape index (κ2) is 6.89. The molecule has 0 unspecified atom stereocenters. The molecular weight excluding hydrogens is 238 g/mol. The lowest BCUT2D eigenvalue weighted by Gasteiger charge is -2.19. The van der Waals surface area contributed by atoms with Gasteiger partial charge in [-0.15, -0.1) is 0 Å². The first-order valence-electron chi connectivity index (χ1n) is 8.61. The molecule has 1 N–H and O–H groups in total. The van der Waals surface area contributed by atoms with Crippen molar-refractivity contribution >= 4 is 0 Å². The van der Waals surface area contributed by atoms with Crippen molar-refractivity contribution in [1.82, 2.24) is 14.7 Å². The molecule has 19 heavy (non-hydrogen) atoms. The predicted octanol–water partition coefficient (Wildman–Crippen LogP) is 1.58. The fraction of sp³-hybridized carbons (Fsp3) is 0.600. The molecule has 4 heteroatoms. The van der Waals surface area contributed by atoms with Gasteiger partial charge in [0, 0.05) is 33.5 Å². The van der Waals surface area contributed by atoms with Crippen molar-refractivity contribution in [2.75, 3.05) is 42.3 Å². The SMILES string of the molecule is [2H]Oc1c(CN(C)C)c([2H])c(CN(C)C)c([2H])c1C([2H])([2H])N(C)C. The summed E-state index contributed by atoms with van der Waals surface area (Å²) in [5, 5.41) is 4.74. The Balaban J connectivity index is 3.84. The molecule has 0 atom stereocenters. The van der Waals surface area contributed by atoms with Crippen LogP contribution in [-0.2, 0) is 19.6 Å². The van der Waals surface area contributed by atoms with Crippen LogP contribution in [0.1, 0.15) is 22.2 Å². The molecule has 0 spiro atoms. The van der Waals surface area contributed by atoms with Crippen LogP contribution in [0.2, 0.25) is 0 Å². The van der Waals surface area contributed by atoms with Crippen molar-refractivity contribution < 1.29 is 10.6 Å². The van der Waals surface area contributed by atoms with E-state index < -0.39 is 6.50 Å². The Bertz CT molecular complexity index is 591. The van der Waals surface area contributed by atoms with E-state index in [0.29, 0.717) is 24.2 Å². The third-order valence-corrected chi connectivity index (χ3v) is 2.36. The molecule has 0 radical (unpaired) electrons. The minimum absolute atomic E-state index is 0.00722. The number of hydrogen-bond donors (Lipinski definition) is 1. The second-order valence-corrected chi connectivity index (χ2v) is 5.39. The third-order valence-electron chi connectivity index (χ3n) is 2.36. The molecule has 0 saturated heterocycles. The summed E-state index contributed by atoms with van der Waals surface area (Å²) in [6, 6.07) is 0.0418. The molecule has 108 valence electrons. The van der Waals surface area contributed by atoms with E-state index in [2.05, 4.69) is 0 Å². The second-order valence-electron chi connectivity index (χ2n) is 5.39. The molecule has 1 aromatic rings. The van der Waals surface area contributed by atoms with Crippen molar-refractivity contribution in [3.05, 3.63) is 28.8 Å². The Labute approximate surface area is 124 Å². The lowest BCUT2D eigenvalue weighted by molar-refractivity contribution is 0.365. The summed E-state index contributed by atoms with van der Waals surface area (Å²) in [6.45, 7) is -1.33. The van der Waals surface area contributed by atoms with Crippen molar-refractivity contribution in [2.45, 2.75) is 19.6 Å². The number of phenolic OH excluding ortho intramolecular Hbond substituents is 1. The fourth-order valence-electron chi connectivity index (χ4n) is 1.75. The van der Waals surface area contributed by atoms with Gasteiger partial charge in [-0.25, -0.2) is 0 Å². The van der Waals surface area contributed by atoms with Gasteiger partial charge < -0.3 is 19.8 Å². The first kappa shape index (κ1) is 9.75.